The van der Waals surface area contributed by atoms with E-state index in [1.807, 2.05) is 18.2 Å². The standard InChI is InChI=1S/C21H18ClN3O3/c1-2-28-21(27)14-7-9-16(10-8-14)25-20(26)15-11-17(13-23-12-15)24-19-6-4-3-5-18(19)22/h3-13,24H,2H2,1H3,(H,25,26). The smallest absolute Gasteiger partial charge is 0.338 e. The number of hydrogen-bond acceptors (Lipinski definition) is 5. The molecule has 3 aromatic rings. The van der Waals surface area contributed by atoms with Gasteiger partial charge in [-0.3, -0.25) is 9.78 Å². The van der Waals surface area contributed by atoms with Crippen LogP contribution in [0.3, 0.4) is 0 Å². The molecule has 0 aliphatic carbocycles. The summed E-state index contributed by atoms with van der Waals surface area (Å²) in [5.74, 6) is -0.720. The maximum Gasteiger partial charge on any atom is 0.338 e. The number of benzene rings is 2. The Morgan fingerprint density at radius 2 is 1.75 bits per heavy atom. The van der Waals surface area contributed by atoms with E-state index in [-0.39, 0.29) is 5.91 Å². The van der Waals surface area contributed by atoms with Crippen LogP contribution in [0.1, 0.15) is 27.6 Å². The average molecular weight is 396 g/mol. The fourth-order valence-electron chi connectivity index (χ4n) is 2.46. The van der Waals surface area contributed by atoms with Gasteiger partial charge in [-0.25, -0.2) is 4.79 Å². The quantitative estimate of drug-likeness (QED) is 0.580. The van der Waals surface area contributed by atoms with Crippen LogP contribution >= 0.6 is 11.6 Å². The Morgan fingerprint density at radius 1 is 1.00 bits per heavy atom. The molecular weight excluding hydrogens is 378 g/mol. The zero-order chi connectivity index (χ0) is 19.9. The lowest BCUT2D eigenvalue weighted by molar-refractivity contribution is 0.0526. The number of carbonyl (C=O) groups excluding carboxylic acids is 2. The van der Waals surface area contributed by atoms with Gasteiger partial charge in [0, 0.05) is 11.9 Å². The molecule has 0 spiro atoms. The third-order valence-corrected chi connectivity index (χ3v) is 4.14. The van der Waals surface area contributed by atoms with E-state index in [0.29, 0.717) is 34.1 Å². The van der Waals surface area contributed by atoms with Crippen LogP contribution in [0.15, 0.2) is 67.0 Å². The van der Waals surface area contributed by atoms with Gasteiger partial charge in [0.05, 0.1) is 40.3 Å². The minimum atomic E-state index is -0.400. The van der Waals surface area contributed by atoms with Gasteiger partial charge >= 0.3 is 5.97 Å². The largest absolute Gasteiger partial charge is 0.462 e. The molecule has 2 aromatic carbocycles. The van der Waals surface area contributed by atoms with E-state index in [1.54, 1.807) is 49.5 Å². The van der Waals surface area contributed by atoms with Gasteiger partial charge in [0.15, 0.2) is 0 Å². The van der Waals surface area contributed by atoms with Crippen molar-refractivity contribution >= 4 is 40.5 Å². The van der Waals surface area contributed by atoms with Crippen LogP contribution in [0.4, 0.5) is 17.1 Å². The molecule has 7 heteroatoms. The van der Waals surface area contributed by atoms with Crippen LogP contribution in [0.2, 0.25) is 5.02 Å². The average Bonchev–Trinajstić information content (AvgIpc) is 2.71. The second-order valence-electron chi connectivity index (χ2n) is 5.82. The third kappa shape index (κ3) is 4.86. The molecule has 1 aromatic heterocycles. The molecular formula is C21H18ClN3O3. The van der Waals surface area contributed by atoms with Gasteiger partial charge in [-0.05, 0) is 49.4 Å². The van der Waals surface area contributed by atoms with Crippen molar-refractivity contribution in [3.05, 3.63) is 83.1 Å². The number of aromatic nitrogens is 1. The number of carbonyl (C=O) groups is 2. The lowest BCUT2D eigenvalue weighted by Gasteiger charge is -2.10. The minimum Gasteiger partial charge on any atom is -0.462 e. The molecule has 0 unspecified atom stereocenters. The van der Waals surface area contributed by atoms with E-state index in [1.165, 1.54) is 6.20 Å². The molecule has 0 aliphatic rings. The summed E-state index contributed by atoms with van der Waals surface area (Å²) >= 11 is 6.14. The van der Waals surface area contributed by atoms with E-state index in [2.05, 4.69) is 15.6 Å². The van der Waals surface area contributed by atoms with E-state index in [0.717, 1.165) is 5.69 Å². The van der Waals surface area contributed by atoms with Gasteiger partial charge in [-0.15, -0.1) is 0 Å². The van der Waals surface area contributed by atoms with Crippen LogP contribution < -0.4 is 10.6 Å². The zero-order valence-corrected chi connectivity index (χ0v) is 15.9. The molecule has 142 valence electrons. The van der Waals surface area contributed by atoms with Gasteiger partial charge in [0.1, 0.15) is 0 Å². The van der Waals surface area contributed by atoms with Crippen molar-refractivity contribution in [3.63, 3.8) is 0 Å². The van der Waals surface area contributed by atoms with E-state index < -0.39 is 5.97 Å². The first kappa shape index (κ1) is 19.4. The highest BCUT2D eigenvalue weighted by Gasteiger charge is 2.10. The molecule has 6 nitrogen and oxygen atoms in total. The number of nitrogens with zero attached hydrogens (tertiary/aromatic N) is 1. The summed E-state index contributed by atoms with van der Waals surface area (Å²) in [5.41, 5.74) is 2.72. The number of esters is 1. The number of ether oxygens (including phenoxy) is 1. The lowest BCUT2D eigenvalue weighted by atomic mass is 10.2. The van der Waals surface area contributed by atoms with Gasteiger partial charge < -0.3 is 15.4 Å². The first-order chi connectivity index (χ1) is 13.6. The molecule has 0 saturated heterocycles. The van der Waals surface area contributed by atoms with Crippen LogP contribution in [-0.2, 0) is 4.74 Å². The number of pyridine rings is 1. The molecule has 28 heavy (non-hydrogen) atoms. The Bertz CT molecular complexity index is 990. The van der Waals surface area contributed by atoms with Gasteiger partial charge in [0.2, 0.25) is 0 Å². The predicted octanol–water partition coefficient (Wildman–Crippen LogP) is 4.91. The minimum absolute atomic E-state index is 0.308. The summed E-state index contributed by atoms with van der Waals surface area (Å²) in [5, 5.41) is 6.48. The van der Waals surface area contributed by atoms with Crippen LogP contribution in [0, 0.1) is 0 Å². The van der Waals surface area contributed by atoms with Crippen molar-refractivity contribution in [1.29, 1.82) is 0 Å². The zero-order valence-electron chi connectivity index (χ0n) is 15.1. The van der Waals surface area contributed by atoms with Crippen molar-refractivity contribution in [2.24, 2.45) is 0 Å². The SMILES string of the molecule is CCOC(=O)c1ccc(NC(=O)c2cncc(Nc3ccccc3Cl)c2)cc1. The second-order valence-corrected chi connectivity index (χ2v) is 6.23. The molecule has 0 bridgehead atoms. The van der Waals surface area contributed by atoms with Gasteiger partial charge in [0.25, 0.3) is 5.91 Å². The highest BCUT2D eigenvalue weighted by Crippen LogP contribution is 2.25. The van der Waals surface area contributed by atoms with E-state index >= 15 is 0 Å². The number of anilines is 3. The number of nitrogens with one attached hydrogen (secondary N) is 2. The Balaban J connectivity index is 1.69. The summed E-state index contributed by atoms with van der Waals surface area (Å²) in [6.07, 6.45) is 3.08. The summed E-state index contributed by atoms with van der Waals surface area (Å²) < 4.78 is 4.94. The second kappa shape index (κ2) is 9.01. The molecule has 1 amide bonds. The lowest BCUT2D eigenvalue weighted by Crippen LogP contribution is -2.13. The Morgan fingerprint density at radius 3 is 2.46 bits per heavy atom. The molecule has 0 fully saturated rings. The third-order valence-electron chi connectivity index (χ3n) is 3.81. The highest BCUT2D eigenvalue weighted by molar-refractivity contribution is 6.33. The topological polar surface area (TPSA) is 80.3 Å². The van der Waals surface area contributed by atoms with Crippen LogP contribution in [0.5, 0.6) is 0 Å². The van der Waals surface area contributed by atoms with Crippen LogP contribution in [0.25, 0.3) is 0 Å². The summed E-state index contributed by atoms with van der Waals surface area (Å²) in [7, 11) is 0. The number of amides is 1. The summed E-state index contributed by atoms with van der Waals surface area (Å²) in [6, 6.07) is 15.5. The fourth-order valence-corrected chi connectivity index (χ4v) is 2.64. The van der Waals surface area contributed by atoms with Gasteiger partial charge in [-0.2, -0.15) is 0 Å². The maximum absolute atomic E-state index is 12.5. The maximum atomic E-state index is 12.5. The predicted molar refractivity (Wildman–Crippen MR) is 109 cm³/mol. The van der Waals surface area contributed by atoms with Crippen LogP contribution in [-0.4, -0.2) is 23.5 Å². The van der Waals surface area contributed by atoms with E-state index in [4.69, 9.17) is 16.3 Å². The molecule has 0 radical (unpaired) electrons. The van der Waals surface area contributed by atoms with Crippen molar-refractivity contribution in [2.75, 3.05) is 17.2 Å². The monoisotopic (exact) mass is 395 g/mol. The number of para-hydroxylation sites is 1. The fraction of sp³-hybridized carbons (Fsp3) is 0.0952. The summed E-state index contributed by atoms with van der Waals surface area (Å²) in [4.78, 5) is 28.3. The number of rotatable bonds is 6. The highest BCUT2D eigenvalue weighted by atomic mass is 35.5. The number of halogens is 1. The molecule has 0 aliphatic heterocycles. The van der Waals surface area contributed by atoms with Crippen molar-refractivity contribution in [1.82, 2.24) is 4.98 Å². The Kier molecular flexibility index (Phi) is 6.24. The van der Waals surface area contributed by atoms with Crippen molar-refractivity contribution < 1.29 is 14.3 Å². The Labute approximate surface area is 167 Å². The molecule has 3 rings (SSSR count). The molecule has 0 atom stereocenters. The normalized spacial score (nSPS) is 10.2. The Hall–Kier alpha value is -3.38. The molecule has 2 N–H and O–H groups in total. The van der Waals surface area contributed by atoms with Gasteiger partial charge in [-0.1, -0.05) is 23.7 Å². The number of hydrogen-bond donors (Lipinski definition) is 2. The van der Waals surface area contributed by atoms with Crippen molar-refractivity contribution in [3.8, 4) is 0 Å². The molecule has 1 heterocycles. The molecule has 0 saturated carbocycles. The first-order valence-electron chi connectivity index (χ1n) is 8.62. The first-order valence-corrected chi connectivity index (χ1v) is 8.99. The van der Waals surface area contributed by atoms with Crippen molar-refractivity contribution in [2.45, 2.75) is 6.92 Å². The van der Waals surface area contributed by atoms with E-state index in [9.17, 15) is 9.59 Å². The summed E-state index contributed by atoms with van der Waals surface area (Å²) in [6.45, 7) is 2.05.